The lowest BCUT2D eigenvalue weighted by Crippen LogP contribution is -2.28. The lowest BCUT2D eigenvalue weighted by molar-refractivity contribution is -0.121. The van der Waals surface area contributed by atoms with E-state index in [1.807, 2.05) is 43.3 Å². The summed E-state index contributed by atoms with van der Waals surface area (Å²) in [6.07, 6.45) is 0.278. The Labute approximate surface area is 148 Å². The van der Waals surface area contributed by atoms with E-state index >= 15 is 0 Å². The Balaban J connectivity index is 2.06. The fraction of sp³-hybridized carbons (Fsp3) is 0.300. The van der Waals surface area contributed by atoms with Gasteiger partial charge >= 0.3 is 0 Å². The minimum Gasteiger partial charge on any atom is -0.497 e. The molecule has 0 aromatic heterocycles. The maximum Gasteiger partial charge on any atom is 0.221 e. The molecule has 0 heterocycles. The van der Waals surface area contributed by atoms with Crippen molar-refractivity contribution < 1.29 is 14.3 Å². The minimum absolute atomic E-state index is 0.00658. The highest BCUT2D eigenvalue weighted by Gasteiger charge is 2.19. The van der Waals surface area contributed by atoms with Crippen LogP contribution in [0.25, 0.3) is 0 Å². The molecule has 25 heavy (non-hydrogen) atoms. The molecular formula is C20H22N2O3. The van der Waals surface area contributed by atoms with E-state index in [4.69, 9.17) is 9.47 Å². The summed E-state index contributed by atoms with van der Waals surface area (Å²) in [5, 5.41) is 12.2. The summed E-state index contributed by atoms with van der Waals surface area (Å²) in [5.74, 6) is 1.16. The summed E-state index contributed by atoms with van der Waals surface area (Å²) in [6.45, 7) is 1.97. The molecule has 0 radical (unpaired) electrons. The number of methoxy groups -OCH3 is 2. The van der Waals surface area contributed by atoms with Gasteiger partial charge in [-0.15, -0.1) is 0 Å². The summed E-state index contributed by atoms with van der Waals surface area (Å²) >= 11 is 0. The highest BCUT2D eigenvalue weighted by Crippen LogP contribution is 2.26. The first-order valence-electron chi connectivity index (χ1n) is 8.05. The van der Waals surface area contributed by atoms with Crippen LogP contribution in [0.5, 0.6) is 11.5 Å². The second-order valence-corrected chi connectivity index (χ2v) is 5.75. The summed E-state index contributed by atoms with van der Waals surface area (Å²) < 4.78 is 10.5. The third kappa shape index (κ3) is 4.74. The SMILES string of the molecule is COc1cccc([C@H](C)CC(=O)N[C@H](C#N)c2ccccc2OC)c1. The number of carbonyl (C=O) groups is 1. The van der Waals surface area contributed by atoms with Crippen molar-refractivity contribution in [2.75, 3.05) is 14.2 Å². The molecule has 2 aromatic rings. The van der Waals surface area contributed by atoms with Gasteiger partial charge in [-0.1, -0.05) is 37.3 Å². The third-order valence-electron chi connectivity index (χ3n) is 4.04. The summed E-state index contributed by atoms with van der Waals surface area (Å²) in [5.41, 5.74) is 1.66. The van der Waals surface area contributed by atoms with Crippen LogP contribution in [-0.4, -0.2) is 20.1 Å². The quantitative estimate of drug-likeness (QED) is 0.837. The molecule has 1 amide bonds. The fourth-order valence-corrected chi connectivity index (χ4v) is 2.65. The van der Waals surface area contributed by atoms with Crippen molar-refractivity contribution in [3.63, 3.8) is 0 Å². The molecule has 2 atom stereocenters. The van der Waals surface area contributed by atoms with Crippen molar-refractivity contribution in [1.82, 2.24) is 5.32 Å². The van der Waals surface area contributed by atoms with E-state index in [1.165, 1.54) is 0 Å². The van der Waals surface area contributed by atoms with E-state index in [-0.39, 0.29) is 18.2 Å². The maximum atomic E-state index is 12.4. The maximum absolute atomic E-state index is 12.4. The Morgan fingerprint density at radius 1 is 1.16 bits per heavy atom. The van der Waals surface area contributed by atoms with Crippen molar-refractivity contribution in [2.45, 2.75) is 25.3 Å². The van der Waals surface area contributed by atoms with Crippen molar-refractivity contribution in [3.05, 3.63) is 59.7 Å². The van der Waals surface area contributed by atoms with E-state index < -0.39 is 6.04 Å². The van der Waals surface area contributed by atoms with E-state index in [0.29, 0.717) is 11.3 Å². The lowest BCUT2D eigenvalue weighted by atomic mass is 9.97. The van der Waals surface area contributed by atoms with Gasteiger partial charge in [-0.2, -0.15) is 5.26 Å². The molecule has 0 fully saturated rings. The number of rotatable bonds is 7. The van der Waals surface area contributed by atoms with Crippen LogP contribution in [0.3, 0.4) is 0 Å². The standard InChI is InChI=1S/C20H22N2O3/c1-14(15-7-6-8-16(12-15)24-2)11-20(23)22-18(13-21)17-9-4-5-10-19(17)25-3/h4-10,12,14,18H,11H2,1-3H3,(H,22,23)/t14-,18-/m1/s1. The number of amides is 1. The van der Waals surface area contributed by atoms with Gasteiger partial charge < -0.3 is 14.8 Å². The van der Waals surface area contributed by atoms with Crippen LogP contribution in [0.15, 0.2) is 48.5 Å². The largest absolute Gasteiger partial charge is 0.497 e. The molecule has 0 spiro atoms. The number of carbonyl (C=O) groups excluding carboxylic acids is 1. The molecule has 0 aliphatic heterocycles. The first kappa shape index (κ1) is 18.3. The number of nitriles is 1. The zero-order valence-electron chi connectivity index (χ0n) is 14.7. The topological polar surface area (TPSA) is 71.3 Å². The summed E-state index contributed by atoms with van der Waals surface area (Å²) in [7, 11) is 3.15. The molecule has 1 N–H and O–H groups in total. The van der Waals surface area contributed by atoms with Crippen LogP contribution < -0.4 is 14.8 Å². The number of benzene rings is 2. The molecule has 0 bridgehead atoms. The Bertz CT molecular complexity index is 768. The molecular weight excluding hydrogens is 316 g/mol. The van der Waals surface area contributed by atoms with Crippen LogP contribution in [0.1, 0.15) is 36.4 Å². The summed E-state index contributed by atoms with van der Waals surface area (Å²) in [4.78, 5) is 12.4. The van der Waals surface area contributed by atoms with Gasteiger partial charge in [-0.05, 0) is 29.7 Å². The molecule has 2 rings (SSSR count). The first-order valence-corrected chi connectivity index (χ1v) is 8.05. The zero-order chi connectivity index (χ0) is 18.2. The van der Waals surface area contributed by atoms with Gasteiger partial charge in [0.15, 0.2) is 0 Å². The number of ether oxygens (including phenoxy) is 2. The average Bonchev–Trinajstić information content (AvgIpc) is 2.66. The van der Waals surface area contributed by atoms with Crippen molar-refractivity contribution in [1.29, 1.82) is 5.26 Å². The predicted molar refractivity (Wildman–Crippen MR) is 95.5 cm³/mol. The molecule has 130 valence electrons. The van der Waals surface area contributed by atoms with Gasteiger partial charge in [0, 0.05) is 12.0 Å². The molecule has 5 heteroatoms. The highest BCUT2D eigenvalue weighted by atomic mass is 16.5. The highest BCUT2D eigenvalue weighted by molar-refractivity contribution is 5.78. The smallest absolute Gasteiger partial charge is 0.221 e. The molecule has 2 aromatic carbocycles. The Kier molecular flexibility index (Phi) is 6.41. The molecule has 0 aliphatic carbocycles. The third-order valence-corrected chi connectivity index (χ3v) is 4.04. The minimum atomic E-state index is -0.749. The number of nitrogens with one attached hydrogen (secondary N) is 1. The van der Waals surface area contributed by atoms with Gasteiger partial charge in [0.1, 0.15) is 17.5 Å². The molecule has 0 saturated heterocycles. The van der Waals surface area contributed by atoms with E-state index in [9.17, 15) is 10.1 Å². The monoisotopic (exact) mass is 338 g/mol. The molecule has 0 saturated carbocycles. The van der Waals surface area contributed by atoms with Gasteiger partial charge in [0.25, 0.3) is 0 Å². The molecule has 0 unspecified atom stereocenters. The lowest BCUT2D eigenvalue weighted by Gasteiger charge is -2.17. The second kappa shape index (κ2) is 8.74. The van der Waals surface area contributed by atoms with Gasteiger partial charge in [0.05, 0.1) is 20.3 Å². The average molecular weight is 338 g/mol. The van der Waals surface area contributed by atoms with Gasteiger partial charge in [-0.3, -0.25) is 4.79 Å². The van der Waals surface area contributed by atoms with Crippen LogP contribution in [-0.2, 0) is 4.79 Å². The first-order chi connectivity index (χ1) is 12.1. The molecule has 0 aliphatic rings. The van der Waals surface area contributed by atoms with Crippen molar-refractivity contribution in [3.8, 4) is 17.6 Å². The van der Waals surface area contributed by atoms with Crippen LogP contribution in [0.2, 0.25) is 0 Å². The predicted octanol–water partition coefficient (Wildman–Crippen LogP) is 3.58. The van der Waals surface area contributed by atoms with Crippen molar-refractivity contribution in [2.24, 2.45) is 0 Å². The number of hydrogen-bond donors (Lipinski definition) is 1. The van der Waals surface area contributed by atoms with Crippen LogP contribution in [0.4, 0.5) is 0 Å². The normalized spacial score (nSPS) is 12.6. The fourth-order valence-electron chi connectivity index (χ4n) is 2.65. The van der Waals surface area contributed by atoms with E-state index in [1.54, 1.807) is 26.4 Å². The molecule has 5 nitrogen and oxygen atoms in total. The number of para-hydroxylation sites is 1. The Morgan fingerprint density at radius 2 is 1.92 bits per heavy atom. The number of hydrogen-bond acceptors (Lipinski definition) is 4. The van der Waals surface area contributed by atoms with E-state index in [0.717, 1.165) is 11.3 Å². The van der Waals surface area contributed by atoms with Crippen molar-refractivity contribution >= 4 is 5.91 Å². The Hall–Kier alpha value is -3.00. The van der Waals surface area contributed by atoms with Gasteiger partial charge in [-0.25, -0.2) is 0 Å². The zero-order valence-corrected chi connectivity index (χ0v) is 14.7. The van der Waals surface area contributed by atoms with Gasteiger partial charge in [0.2, 0.25) is 5.91 Å². The van der Waals surface area contributed by atoms with Crippen LogP contribution >= 0.6 is 0 Å². The second-order valence-electron chi connectivity index (χ2n) is 5.75. The summed E-state index contributed by atoms with van der Waals surface area (Å²) in [6, 6.07) is 16.2. The van der Waals surface area contributed by atoms with Crippen LogP contribution in [0, 0.1) is 11.3 Å². The number of nitrogens with zero attached hydrogens (tertiary/aromatic N) is 1. The Morgan fingerprint density at radius 3 is 2.60 bits per heavy atom. The van der Waals surface area contributed by atoms with E-state index in [2.05, 4.69) is 11.4 Å².